The Balaban J connectivity index is 2.32. The molecule has 2 aromatic heterocycles. The summed E-state index contributed by atoms with van der Waals surface area (Å²) >= 11 is 0. The van der Waals surface area contributed by atoms with Crippen LogP contribution in [0.3, 0.4) is 0 Å². The van der Waals surface area contributed by atoms with Gasteiger partial charge in [0, 0.05) is 19.2 Å². The highest BCUT2D eigenvalue weighted by Crippen LogP contribution is 2.22. The van der Waals surface area contributed by atoms with Crippen molar-refractivity contribution in [2.75, 3.05) is 23.3 Å². The quantitative estimate of drug-likeness (QED) is 0.834. The SMILES string of the molecule is C=CC(=O)Nc1cnc2nc(N(CC)CC)oc2c1. The van der Waals surface area contributed by atoms with Crippen LogP contribution in [0.1, 0.15) is 13.8 Å². The van der Waals surface area contributed by atoms with E-state index < -0.39 is 0 Å². The van der Waals surface area contributed by atoms with Crippen LogP contribution in [0.5, 0.6) is 0 Å². The molecule has 0 aromatic carbocycles. The van der Waals surface area contributed by atoms with E-state index in [0.717, 1.165) is 13.1 Å². The predicted octanol–water partition coefficient (Wildman–Crippen LogP) is 2.19. The Kier molecular flexibility index (Phi) is 3.79. The van der Waals surface area contributed by atoms with Gasteiger partial charge >= 0.3 is 0 Å². The highest BCUT2D eigenvalue weighted by Gasteiger charge is 2.12. The monoisotopic (exact) mass is 260 g/mol. The number of anilines is 2. The molecule has 2 heterocycles. The molecule has 2 rings (SSSR count). The minimum atomic E-state index is -0.287. The molecule has 6 heteroatoms. The zero-order chi connectivity index (χ0) is 13.8. The molecule has 6 nitrogen and oxygen atoms in total. The summed E-state index contributed by atoms with van der Waals surface area (Å²) in [6.45, 7) is 9.07. The van der Waals surface area contributed by atoms with Gasteiger partial charge in [-0.1, -0.05) is 6.58 Å². The van der Waals surface area contributed by atoms with Crippen LogP contribution < -0.4 is 10.2 Å². The van der Waals surface area contributed by atoms with Crippen LogP contribution in [-0.4, -0.2) is 29.0 Å². The van der Waals surface area contributed by atoms with Crippen LogP contribution in [0, 0.1) is 0 Å². The minimum absolute atomic E-state index is 0.287. The number of hydrogen-bond donors (Lipinski definition) is 1. The first-order chi connectivity index (χ1) is 9.17. The summed E-state index contributed by atoms with van der Waals surface area (Å²) in [6.07, 6.45) is 2.74. The Labute approximate surface area is 111 Å². The van der Waals surface area contributed by atoms with Gasteiger partial charge in [-0.2, -0.15) is 4.98 Å². The van der Waals surface area contributed by atoms with Crippen molar-refractivity contribution in [1.82, 2.24) is 9.97 Å². The van der Waals surface area contributed by atoms with E-state index in [1.165, 1.54) is 12.3 Å². The molecule has 0 bridgehead atoms. The molecule has 0 unspecified atom stereocenters. The van der Waals surface area contributed by atoms with Gasteiger partial charge in [0.2, 0.25) is 11.6 Å². The van der Waals surface area contributed by atoms with E-state index in [9.17, 15) is 4.79 Å². The first-order valence-electron chi connectivity index (χ1n) is 6.12. The smallest absolute Gasteiger partial charge is 0.299 e. The van der Waals surface area contributed by atoms with Gasteiger partial charge in [0.15, 0.2) is 5.58 Å². The third-order valence-electron chi connectivity index (χ3n) is 2.72. The molecule has 0 radical (unpaired) electrons. The lowest BCUT2D eigenvalue weighted by Gasteiger charge is -2.14. The number of rotatable bonds is 5. The second-order valence-electron chi connectivity index (χ2n) is 3.91. The molecule has 1 N–H and O–H groups in total. The third kappa shape index (κ3) is 2.73. The molecule has 0 saturated heterocycles. The van der Waals surface area contributed by atoms with Crippen molar-refractivity contribution in [3.05, 3.63) is 24.9 Å². The number of carbonyl (C=O) groups is 1. The van der Waals surface area contributed by atoms with E-state index in [0.29, 0.717) is 22.9 Å². The number of amides is 1. The van der Waals surface area contributed by atoms with E-state index in [-0.39, 0.29) is 5.91 Å². The van der Waals surface area contributed by atoms with E-state index in [1.807, 2.05) is 18.7 Å². The Morgan fingerprint density at radius 2 is 2.26 bits per heavy atom. The zero-order valence-corrected chi connectivity index (χ0v) is 11.0. The van der Waals surface area contributed by atoms with Crippen LogP contribution >= 0.6 is 0 Å². The topological polar surface area (TPSA) is 71.3 Å². The van der Waals surface area contributed by atoms with Crippen LogP contribution in [0.2, 0.25) is 0 Å². The van der Waals surface area contributed by atoms with Crippen molar-refractivity contribution in [1.29, 1.82) is 0 Å². The third-order valence-corrected chi connectivity index (χ3v) is 2.72. The number of nitrogens with one attached hydrogen (secondary N) is 1. The fourth-order valence-corrected chi connectivity index (χ4v) is 1.70. The van der Waals surface area contributed by atoms with Crippen LogP contribution in [0.4, 0.5) is 11.7 Å². The highest BCUT2D eigenvalue weighted by atomic mass is 16.4. The van der Waals surface area contributed by atoms with Crippen LogP contribution in [0.15, 0.2) is 29.3 Å². The first kappa shape index (κ1) is 13.1. The predicted molar refractivity (Wildman–Crippen MR) is 74.2 cm³/mol. The molecule has 0 saturated carbocycles. The normalized spacial score (nSPS) is 10.4. The lowest BCUT2D eigenvalue weighted by Crippen LogP contribution is -2.21. The Morgan fingerprint density at radius 1 is 1.53 bits per heavy atom. The molecule has 1 amide bonds. The number of pyridine rings is 1. The fourth-order valence-electron chi connectivity index (χ4n) is 1.70. The van der Waals surface area contributed by atoms with Gasteiger partial charge in [-0.25, -0.2) is 4.98 Å². The van der Waals surface area contributed by atoms with Crippen molar-refractivity contribution in [2.24, 2.45) is 0 Å². The van der Waals surface area contributed by atoms with Gasteiger partial charge < -0.3 is 14.6 Å². The molecule has 0 aliphatic heterocycles. The molecule has 0 spiro atoms. The number of carbonyl (C=O) groups excluding carboxylic acids is 1. The van der Waals surface area contributed by atoms with E-state index in [1.54, 1.807) is 6.07 Å². The highest BCUT2D eigenvalue weighted by molar-refractivity contribution is 5.99. The average molecular weight is 260 g/mol. The largest absolute Gasteiger partial charge is 0.422 e. The summed E-state index contributed by atoms with van der Waals surface area (Å²) in [7, 11) is 0. The minimum Gasteiger partial charge on any atom is -0.422 e. The maximum atomic E-state index is 11.2. The van der Waals surface area contributed by atoms with Gasteiger partial charge in [-0.05, 0) is 19.9 Å². The first-order valence-corrected chi connectivity index (χ1v) is 6.12. The number of hydrogen-bond acceptors (Lipinski definition) is 5. The zero-order valence-electron chi connectivity index (χ0n) is 11.0. The molecule has 0 aliphatic rings. The van der Waals surface area contributed by atoms with E-state index in [4.69, 9.17) is 4.42 Å². The summed E-state index contributed by atoms with van der Waals surface area (Å²) in [6, 6.07) is 2.24. The second kappa shape index (κ2) is 5.51. The van der Waals surface area contributed by atoms with E-state index >= 15 is 0 Å². The van der Waals surface area contributed by atoms with Gasteiger partial charge in [0.25, 0.3) is 6.01 Å². The average Bonchev–Trinajstić information content (AvgIpc) is 2.82. The van der Waals surface area contributed by atoms with Crippen molar-refractivity contribution in [3.8, 4) is 0 Å². The van der Waals surface area contributed by atoms with Crippen LogP contribution in [-0.2, 0) is 4.79 Å². The second-order valence-corrected chi connectivity index (χ2v) is 3.91. The summed E-state index contributed by atoms with van der Waals surface area (Å²) in [4.78, 5) is 21.7. The summed E-state index contributed by atoms with van der Waals surface area (Å²) in [5.41, 5.74) is 1.63. The molecule has 19 heavy (non-hydrogen) atoms. The molecular weight excluding hydrogens is 244 g/mol. The number of nitrogens with zero attached hydrogens (tertiary/aromatic N) is 3. The molecular formula is C13H16N4O2. The Hall–Kier alpha value is -2.37. The Bertz CT molecular complexity index is 602. The van der Waals surface area contributed by atoms with Gasteiger partial charge in [0.05, 0.1) is 11.9 Å². The maximum absolute atomic E-state index is 11.2. The standard InChI is InChI=1S/C13H16N4O2/c1-4-11(18)15-9-7-10-12(14-8-9)16-13(19-10)17(5-2)6-3/h4,7-8H,1,5-6H2,2-3H3,(H,15,18). The number of fused-ring (bicyclic) bond motifs is 1. The summed E-state index contributed by atoms with van der Waals surface area (Å²) in [5, 5.41) is 2.63. The molecule has 2 aromatic rings. The maximum Gasteiger partial charge on any atom is 0.299 e. The molecule has 0 aliphatic carbocycles. The summed E-state index contributed by atoms with van der Waals surface area (Å²) in [5.74, 6) is -0.287. The lowest BCUT2D eigenvalue weighted by molar-refractivity contribution is -0.111. The van der Waals surface area contributed by atoms with E-state index in [2.05, 4.69) is 21.9 Å². The van der Waals surface area contributed by atoms with Gasteiger partial charge in [-0.15, -0.1) is 0 Å². The Morgan fingerprint density at radius 3 is 2.89 bits per heavy atom. The number of oxazole rings is 1. The van der Waals surface area contributed by atoms with Crippen molar-refractivity contribution in [2.45, 2.75) is 13.8 Å². The molecule has 100 valence electrons. The van der Waals surface area contributed by atoms with Gasteiger partial charge in [-0.3, -0.25) is 4.79 Å². The fraction of sp³-hybridized carbons (Fsp3) is 0.308. The van der Waals surface area contributed by atoms with Crippen molar-refractivity contribution >= 4 is 28.8 Å². The van der Waals surface area contributed by atoms with Crippen molar-refractivity contribution in [3.63, 3.8) is 0 Å². The van der Waals surface area contributed by atoms with Crippen molar-refractivity contribution < 1.29 is 9.21 Å². The lowest BCUT2D eigenvalue weighted by atomic mass is 10.4. The molecule has 0 fully saturated rings. The summed E-state index contributed by atoms with van der Waals surface area (Å²) < 4.78 is 5.64. The molecule has 0 atom stereocenters. The van der Waals surface area contributed by atoms with Crippen LogP contribution in [0.25, 0.3) is 11.2 Å². The van der Waals surface area contributed by atoms with Gasteiger partial charge in [0.1, 0.15) is 0 Å². The number of aromatic nitrogens is 2.